The highest BCUT2D eigenvalue weighted by Crippen LogP contribution is 2.39. The van der Waals surface area contributed by atoms with Gasteiger partial charge in [0.05, 0.1) is 29.0 Å². The maximum absolute atomic E-state index is 15.2. The molecule has 0 amide bonds. The van der Waals surface area contributed by atoms with Crippen molar-refractivity contribution in [3.63, 3.8) is 0 Å². The topological polar surface area (TPSA) is 102 Å². The number of fused-ring (bicyclic) bond motifs is 2. The lowest BCUT2D eigenvalue weighted by molar-refractivity contribution is -0.121. The summed E-state index contributed by atoms with van der Waals surface area (Å²) in [7, 11) is -3.37. The van der Waals surface area contributed by atoms with E-state index >= 15 is 4.39 Å². The lowest BCUT2D eigenvalue weighted by Gasteiger charge is -2.39. The first kappa shape index (κ1) is 32.4. The van der Waals surface area contributed by atoms with Crippen molar-refractivity contribution in [3.05, 3.63) is 69.7 Å². The number of nitrogens with two attached hydrogens (primary N) is 1. The van der Waals surface area contributed by atoms with Gasteiger partial charge in [-0.1, -0.05) is 29.8 Å². The zero-order valence-electron chi connectivity index (χ0n) is 24.8. The Hall–Kier alpha value is -1.95. The minimum Gasteiger partial charge on any atom is -0.376 e. The number of nitrogens with one attached hydrogen (secondary N) is 1. The fourth-order valence-corrected chi connectivity index (χ4v) is 9.28. The molecule has 3 aliphatic heterocycles. The Morgan fingerprint density at radius 2 is 1.91 bits per heavy atom. The molecular formula is C32H42ClF2N3O4S. The van der Waals surface area contributed by atoms with Crippen molar-refractivity contribution in [1.82, 2.24) is 9.62 Å². The van der Waals surface area contributed by atoms with Crippen LogP contribution in [0.3, 0.4) is 0 Å². The van der Waals surface area contributed by atoms with Crippen molar-refractivity contribution >= 4 is 27.4 Å². The van der Waals surface area contributed by atoms with E-state index in [0.29, 0.717) is 55.5 Å². The van der Waals surface area contributed by atoms with Gasteiger partial charge >= 0.3 is 0 Å². The summed E-state index contributed by atoms with van der Waals surface area (Å²) in [5, 5.41) is 3.45. The van der Waals surface area contributed by atoms with Crippen LogP contribution in [-0.4, -0.2) is 67.7 Å². The van der Waals surface area contributed by atoms with Crippen molar-refractivity contribution in [2.45, 2.75) is 95.0 Å². The van der Waals surface area contributed by atoms with Crippen molar-refractivity contribution in [1.29, 1.82) is 0 Å². The highest BCUT2D eigenvalue weighted by molar-refractivity contribution is 7.89. The molecule has 3 heterocycles. The number of ketones is 1. The van der Waals surface area contributed by atoms with Crippen LogP contribution < -0.4 is 11.1 Å². The van der Waals surface area contributed by atoms with Crippen LogP contribution in [0.5, 0.6) is 0 Å². The van der Waals surface area contributed by atoms with Gasteiger partial charge in [0, 0.05) is 37.5 Å². The molecule has 3 N–H and O–H groups in total. The van der Waals surface area contributed by atoms with Gasteiger partial charge in [0.1, 0.15) is 11.6 Å². The summed E-state index contributed by atoms with van der Waals surface area (Å²) < 4.78 is 63.2. The zero-order chi connectivity index (χ0) is 30.9. The van der Waals surface area contributed by atoms with E-state index < -0.39 is 33.6 Å². The minimum atomic E-state index is -3.37. The maximum atomic E-state index is 15.2. The first-order valence-electron chi connectivity index (χ1n) is 15.3. The van der Waals surface area contributed by atoms with Crippen molar-refractivity contribution in [3.8, 4) is 0 Å². The number of benzene rings is 2. The fourth-order valence-electron chi connectivity index (χ4n) is 7.35. The van der Waals surface area contributed by atoms with Gasteiger partial charge in [-0.15, -0.1) is 0 Å². The number of rotatable bonds is 9. The number of piperazine rings is 1. The van der Waals surface area contributed by atoms with Crippen LogP contribution in [0.25, 0.3) is 0 Å². The molecule has 5 rings (SSSR count). The Morgan fingerprint density at radius 1 is 1.16 bits per heavy atom. The van der Waals surface area contributed by atoms with Crippen molar-refractivity contribution < 1.29 is 26.7 Å². The molecule has 0 radical (unpaired) electrons. The van der Waals surface area contributed by atoms with E-state index in [-0.39, 0.29) is 59.6 Å². The Labute approximate surface area is 258 Å². The lowest BCUT2D eigenvalue weighted by Crippen LogP contribution is -2.57. The number of carbonyl (C=O) groups excluding carboxylic acids is 1. The summed E-state index contributed by atoms with van der Waals surface area (Å²) in [6.07, 6.45) is 3.33. The van der Waals surface area contributed by atoms with E-state index in [1.54, 1.807) is 22.5 Å². The molecular weight excluding hydrogens is 596 g/mol. The summed E-state index contributed by atoms with van der Waals surface area (Å²) in [6, 6.07) is 8.14. The van der Waals surface area contributed by atoms with E-state index in [1.165, 1.54) is 18.2 Å². The molecule has 2 aromatic carbocycles. The van der Waals surface area contributed by atoms with Gasteiger partial charge < -0.3 is 15.8 Å². The highest BCUT2D eigenvalue weighted by Gasteiger charge is 2.39. The van der Waals surface area contributed by atoms with Crippen LogP contribution in [0.15, 0.2) is 36.4 Å². The molecule has 7 nitrogen and oxygen atoms in total. The molecule has 8 atom stereocenters. The van der Waals surface area contributed by atoms with Gasteiger partial charge in [-0.25, -0.2) is 17.2 Å². The number of Topliss-reactive ketones (excluding diaryl/α,β-unsaturated/α-hetero) is 1. The van der Waals surface area contributed by atoms with Gasteiger partial charge in [0.2, 0.25) is 10.0 Å². The Morgan fingerprint density at radius 3 is 2.63 bits per heavy atom. The molecule has 0 spiro atoms. The van der Waals surface area contributed by atoms with Crippen LogP contribution >= 0.6 is 11.6 Å². The summed E-state index contributed by atoms with van der Waals surface area (Å²) >= 11 is 5.97. The van der Waals surface area contributed by atoms with Crippen LogP contribution in [0.1, 0.15) is 68.6 Å². The summed E-state index contributed by atoms with van der Waals surface area (Å²) in [5.74, 6) is -1.64. The largest absolute Gasteiger partial charge is 0.376 e. The average molecular weight is 638 g/mol. The third-order valence-electron chi connectivity index (χ3n) is 9.40. The van der Waals surface area contributed by atoms with Crippen LogP contribution in [0.2, 0.25) is 5.02 Å². The van der Waals surface area contributed by atoms with Crippen molar-refractivity contribution in [2.24, 2.45) is 11.7 Å². The van der Waals surface area contributed by atoms with E-state index in [9.17, 15) is 17.6 Å². The number of ether oxygens (including phenoxy) is 1. The van der Waals surface area contributed by atoms with E-state index in [1.807, 2.05) is 13.8 Å². The Balaban J connectivity index is 1.36. The average Bonchev–Trinajstić information content (AvgIpc) is 3.06. The monoisotopic (exact) mass is 637 g/mol. The number of hydrogen-bond acceptors (Lipinski definition) is 6. The SMILES string of the molecule is C[C@@H]1CC([C@H](c2ccc(Cl)c(F)c2)[C@H](N)C(=O)Cc2cccc(F)c2CC[C@H]2CN[C@@H]3CCCS(=O)(=O)N2C3)C[C@H](C)O1. The van der Waals surface area contributed by atoms with Crippen molar-refractivity contribution in [2.75, 3.05) is 18.8 Å². The van der Waals surface area contributed by atoms with Gasteiger partial charge in [-0.3, -0.25) is 4.79 Å². The molecule has 0 saturated carbocycles. The standard InChI is InChI=1S/C32H42ClF2N3O4S/c1-19-13-23(14-20(2)42-19)31(22-8-11-27(33)29(35)15-22)32(36)30(39)16-21-5-3-7-28(34)26(21)10-9-25-17-37-24-6-4-12-43(40,41)38(25)18-24/h3,5,7-8,11,15,19-20,23-25,31-32,37H,4,6,9-10,12-14,16-18,36H2,1-2H3/t19-,20+,23?,24-,25+,31+,32-/m1/s1. The molecule has 2 unspecified atom stereocenters. The second-order valence-electron chi connectivity index (χ2n) is 12.6. The second kappa shape index (κ2) is 13.6. The van der Waals surface area contributed by atoms with Gasteiger partial charge in [0.25, 0.3) is 0 Å². The van der Waals surface area contributed by atoms with Gasteiger partial charge in [0.15, 0.2) is 5.78 Å². The first-order chi connectivity index (χ1) is 20.4. The van der Waals surface area contributed by atoms with Gasteiger partial charge in [-0.2, -0.15) is 4.31 Å². The highest BCUT2D eigenvalue weighted by atomic mass is 35.5. The molecule has 2 aromatic rings. The molecule has 43 heavy (non-hydrogen) atoms. The summed E-state index contributed by atoms with van der Waals surface area (Å²) in [4.78, 5) is 13.8. The number of sulfonamides is 1. The second-order valence-corrected chi connectivity index (χ2v) is 15.0. The third kappa shape index (κ3) is 7.48. The van der Waals surface area contributed by atoms with E-state index in [4.69, 9.17) is 22.1 Å². The molecule has 0 aliphatic carbocycles. The molecule has 11 heteroatoms. The molecule has 236 valence electrons. The van der Waals surface area contributed by atoms with E-state index in [0.717, 1.165) is 6.42 Å². The predicted molar refractivity (Wildman–Crippen MR) is 164 cm³/mol. The number of carbonyl (C=O) groups is 1. The molecule has 3 fully saturated rings. The molecule has 0 aromatic heterocycles. The first-order valence-corrected chi connectivity index (χ1v) is 17.3. The normalized spacial score (nSPS) is 30.3. The summed E-state index contributed by atoms with van der Waals surface area (Å²) in [6.45, 7) is 4.90. The van der Waals surface area contributed by atoms with Gasteiger partial charge in [-0.05, 0) is 93.2 Å². The number of halogens is 3. The molecule has 3 saturated heterocycles. The quantitative estimate of drug-likeness (QED) is 0.412. The Kier molecular flexibility index (Phi) is 10.2. The fraction of sp³-hybridized carbons (Fsp3) is 0.594. The predicted octanol–water partition coefficient (Wildman–Crippen LogP) is 4.74. The van der Waals surface area contributed by atoms with Crippen LogP contribution in [0.4, 0.5) is 8.78 Å². The lowest BCUT2D eigenvalue weighted by atomic mass is 9.73. The Bertz CT molecular complexity index is 1420. The number of hydrogen-bond donors (Lipinski definition) is 2. The number of nitrogens with zero attached hydrogens (tertiary/aromatic N) is 1. The van der Waals surface area contributed by atoms with E-state index in [2.05, 4.69) is 5.32 Å². The maximum Gasteiger partial charge on any atom is 0.214 e. The minimum absolute atomic E-state index is 0.00261. The smallest absolute Gasteiger partial charge is 0.214 e. The summed E-state index contributed by atoms with van der Waals surface area (Å²) in [5.41, 5.74) is 8.26. The third-order valence-corrected chi connectivity index (χ3v) is 11.7. The van der Waals surface area contributed by atoms with Crippen LogP contribution in [-0.2, 0) is 32.4 Å². The molecule has 3 aliphatic rings. The van der Waals surface area contributed by atoms with Crippen LogP contribution in [0, 0.1) is 17.6 Å². The zero-order valence-corrected chi connectivity index (χ0v) is 26.3. The molecule has 2 bridgehead atoms.